The van der Waals surface area contributed by atoms with Crippen molar-refractivity contribution in [1.29, 1.82) is 0 Å². The predicted octanol–water partition coefficient (Wildman–Crippen LogP) is 2.13. The molecule has 0 radical (unpaired) electrons. The van der Waals surface area contributed by atoms with E-state index in [1.807, 2.05) is 0 Å². The molecule has 0 amide bonds. The summed E-state index contributed by atoms with van der Waals surface area (Å²) in [5.74, 6) is -2.81. The minimum Gasteiger partial charge on any atom is -0.504 e. The van der Waals surface area contributed by atoms with Crippen LogP contribution >= 0.6 is 0 Å². The van der Waals surface area contributed by atoms with E-state index in [-0.39, 0.29) is 0 Å². The van der Waals surface area contributed by atoms with Gasteiger partial charge in [-0.2, -0.15) is 13.2 Å². The summed E-state index contributed by atoms with van der Waals surface area (Å²) in [6.07, 6.45) is -4.85. The van der Waals surface area contributed by atoms with Crippen LogP contribution in [0.3, 0.4) is 0 Å². The molecule has 72 valence electrons. The van der Waals surface area contributed by atoms with Gasteiger partial charge >= 0.3 is 6.18 Å². The summed E-state index contributed by atoms with van der Waals surface area (Å²) < 4.78 is 48.7. The molecule has 0 unspecified atom stereocenters. The SMILES string of the molecule is Nc1ccc(F)c(O)c1C(F)(F)F. The van der Waals surface area contributed by atoms with Crippen molar-refractivity contribution in [2.75, 3.05) is 5.73 Å². The van der Waals surface area contributed by atoms with E-state index >= 15 is 0 Å². The largest absolute Gasteiger partial charge is 0.504 e. The summed E-state index contributed by atoms with van der Waals surface area (Å²) in [6.45, 7) is 0. The van der Waals surface area contributed by atoms with E-state index in [2.05, 4.69) is 0 Å². The summed E-state index contributed by atoms with van der Waals surface area (Å²) in [4.78, 5) is 0. The molecule has 0 heterocycles. The highest BCUT2D eigenvalue weighted by Crippen LogP contribution is 2.40. The van der Waals surface area contributed by atoms with E-state index in [9.17, 15) is 17.6 Å². The third-order valence-corrected chi connectivity index (χ3v) is 1.44. The number of benzene rings is 1. The molecule has 0 aromatic heterocycles. The van der Waals surface area contributed by atoms with E-state index in [0.717, 1.165) is 6.07 Å². The maximum absolute atomic E-state index is 12.5. The lowest BCUT2D eigenvalue weighted by Gasteiger charge is -2.11. The van der Waals surface area contributed by atoms with Crippen molar-refractivity contribution < 1.29 is 22.7 Å². The molecule has 0 aliphatic heterocycles. The number of rotatable bonds is 0. The van der Waals surface area contributed by atoms with Crippen molar-refractivity contribution in [3.63, 3.8) is 0 Å². The zero-order valence-corrected chi connectivity index (χ0v) is 6.19. The van der Waals surface area contributed by atoms with Gasteiger partial charge in [0.15, 0.2) is 11.6 Å². The average molecular weight is 195 g/mol. The number of hydrogen-bond donors (Lipinski definition) is 2. The van der Waals surface area contributed by atoms with Crippen LogP contribution in [0.4, 0.5) is 23.2 Å². The number of aromatic hydroxyl groups is 1. The summed E-state index contributed by atoms with van der Waals surface area (Å²) in [7, 11) is 0. The first-order valence-electron chi connectivity index (χ1n) is 3.18. The lowest BCUT2D eigenvalue weighted by molar-refractivity contribution is -0.138. The number of nitrogen functional groups attached to an aromatic ring is 1. The number of hydrogen-bond acceptors (Lipinski definition) is 2. The molecule has 2 nitrogen and oxygen atoms in total. The second kappa shape index (κ2) is 2.79. The Bertz CT molecular complexity index is 334. The van der Waals surface area contributed by atoms with Gasteiger partial charge in [-0.15, -0.1) is 0 Å². The number of halogens is 4. The van der Waals surface area contributed by atoms with Gasteiger partial charge in [0.25, 0.3) is 0 Å². The van der Waals surface area contributed by atoms with Crippen molar-refractivity contribution in [2.24, 2.45) is 0 Å². The molecule has 0 aliphatic carbocycles. The molecule has 0 bridgehead atoms. The van der Waals surface area contributed by atoms with Crippen molar-refractivity contribution in [3.05, 3.63) is 23.5 Å². The molecule has 3 N–H and O–H groups in total. The Morgan fingerprint density at radius 3 is 2.15 bits per heavy atom. The highest BCUT2D eigenvalue weighted by molar-refractivity contribution is 5.55. The molecule has 0 atom stereocenters. The fourth-order valence-corrected chi connectivity index (χ4v) is 0.879. The first kappa shape index (κ1) is 9.63. The summed E-state index contributed by atoms with van der Waals surface area (Å²) >= 11 is 0. The Morgan fingerprint density at radius 1 is 1.23 bits per heavy atom. The third kappa shape index (κ3) is 1.66. The smallest absolute Gasteiger partial charge is 0.422 e. The van der Waals surface area contributed by atoms with Crippen LogP contribution in [0, 0.1) is 5.82 Å². The Balaban J connectivity index is 3.43. The molecule has 1 aromatic carbocycles. The molecule has 0 aliphatic rings. The van der Waals surface area contributed by atoms with Crippen molar-refractivity contribution in [3.8, 4) is 5.75 Å². The van der Waals surface area contributed by atoms with E-state index in [0.29, 0.717) is 6.07 Å². The first-order valence-corrected chi connectivity index (χ1v) is 3.18. The Hall–Kier alpha value is -1.46. The molecule has 0 saturated carbocycles. The number of nitrogens with two attached hydrogens (primary N) is 1. The van der Waals surface area contributed by atoms with Crippen LogP contribution < -0.4 is 5.73 Å². The third-order valence-electron chi connectivity index (χ3n) is 1.44. The second-order valence-electron chi connectivity index (χ2n) is 2.36. The van der Waals surface area contributed by atoms with Gasteiger partial charge in [-0.25, -0.2) is 4.39 Å². The molecular formula is C7H5F4NO. The van der Waals surface area contributed by atoms with Crippen molar-refractivity contribution >= 4 is 5.69 Å². The standard InChI is InChI=1S/C7H5F4NO/c8-3-1-2-4(12)5(6(3)13)7(9,10)11/h1-2,13H,12H2. The maximum Gasteiger partial charge on any atom is 0.422 e. The molecule has 6 heteroatoms. The second-order valence-corrected chi connectivity index (χ2v) is 2.36. The van der Waals surface area contributed by atoms with Crippen molar-refractivity contribution in [1.82, 2.24) is 0 Å². The van der Waals surface area contributed by atoms with E-state index in [1.165, 1.54) is 0 Å². The maximum atomic E-state index is 12.5. The van der Waals surface area contributed by atoms with Gasteiger partial charge in [-0.3, -0.25) is 0 Å². The van der Waals surface area contributed by atoms with Gasteiger partial charge in [-0.1, -0.05) is 0 Å². The van der Waals surface area contributed by atoms with Crippen LogP contribution in [0.15, 0.2) is 12.1 Å². The fraction of sp³-hybridized carbons (Fsp3) is 0.143. The zero-order chi connectivity index (χ0) is 10.2. The molecule has 13 heavy (non-hydrogen) atoms. The molecule has 0 fully saturated rings. The lowest BCUT2D eigenvalue weighted by Crippen LogP contribution is -2.09. The zero-order valence-electron chi connectivity index (χ0n) is 6.19. The molecule has 1 rings (SSSR count). The van der Waals surface area contributed by atoms with Crippen LogP contribution in [0.2, 0.25) is 0 Å². The van der Waals surface area contributed by atoms with E-state index in [4.69, 9.17) is 10.8 Å². The molecular weight excluding hydrogens is 190 g/mol. The fourth-order valence-electron chi connectivity index (χ4n) is 0.879. The molecule has 0 saturated heterocycles. The van der Waals surface area contributed by atoms with Crippen LogP contribution in [0.25, 0.3) is 0 Å². The Kier molecular flexibility index (Phi) is 2.07. The van der Waals surface area contributed by atoms with Gasteiger partial charge in [0.1, 0.15) is 5.56 Å². The van der Waals surface area contributed by atoms with E-state index in [1.54, 1.807) is 0 Å². The summed E-state index contributed by atoms with van der Waals surface area (Å²) in [5, 5.41) is 8.74. The highest BCUT2D eigenvalue weighted by atomic mass is 19.4. The lowest BCUT2D eigenvalue weighted by atomic mass is 10.1. The number of phenolic OH excluding ortho intramolecular Hbond substituents is 1. The minimum absolute atomic E-state index is 0.667. The highest BCUT2D eigenvalue weighted by Gasteiger charge is 2.37. The van der Waals surface area contributed by atoms with Crippen LogP contribution in [0.5, 0.6) is 5.75 Å². The van der Waals surface area contributed by atoms with Gasteiger partial charge in [-0.05, 0) is 12.1 Å². The normalized spacial score (nSPS) is 11.7. The minimum atomic E-state index is -4.85. The topological polar surface area (TPSA) is 46.2 Å². The Morgan fingerprint density at radius 2 is 1.77 bits per heavy atom. The molecule has 1 aromatic rings. The number of alkyl halides is 3. The van der Waals surface area contributed by atoms with Gasteiger partial charge in [0, 0.05) is 5.69 Å². The summed E-state index contributed by atoms with van der Waals surface area (Å²) in [6, 6.07) is 1.41. The monoisotopic (exact) mass is 195 g/mol. The molecule has 0 spiro atoms. The first-order chi connectivity index (χ1) is 5.84. The van der Waals surface area contributed by atoms with Crippen LogP contribution in [0.1, 0.15) is 5.56 Å². The Labute approximate surface area is 70.6 Å². The summed E-state index contributed by atoms with van der Waals surface area (Å²) in [5.41, 5.74) is 2.69. The number of anilines is 1. The predicted molar refractivity (Wildman–Crippen MR) is 37.5 cm³/mol. The van der Waals surface area contributed by atoms with Gasteiger partial charge in [0.05, 0.1) is 0 Å². The van der Waals surface area contributed by atoms with Crippen molar-refractivity contribution in [2.45, 2.75) is 6.18 Å². The van der Waals surface area contributed by atoms with Gasteiger partial charge in [0.2, 0.25) is 0 Å². The van der Waals surface area contributed by atoms with E-state index < -0.39 is 29.0 Å². The average Bonchev–Trinajstić information content (AvgIpc) is 1.95. The quantitative estimate of drug-likeness (QED) is 0.492. The van der Waals surface area contributed by atoms with Gasteiger partial charge < -0.3 is 10.8 Å². The van der Waals surface area contributed by atoms with Crippen LogP contribution in [-0.2, 0) is 6.18 Å². The number of phenols is 1. The van der Waals surface area contributed by atoms with Crippen LogP contribution in [-0.4, -0.2) is 5.11 Å².